The third-order valence-electron chi connectivity index (χ3n) is 4.99. The van der Waals surface area contributed by atoms with Crippen molar-refractivity contribution in [1.29, 1.82) is 0 Å². The van der Waals surface area contributed by atoms with Gasteiger partial charge in [-0.3, -0.25) is 14.3 Å². The number of nitrogens with one attached hydrogen (secondary N) is 1. The fourth-order valence-corrected chi connectivity index (χ4v) is 3.41. The number of hydrazone groups is 1. The molecule has 0 unspecified atom stereocenters. The molecule has 1 aliphatic rings. The second kappa shape index (κ2) is 9.75. The molecule has 0 bridgehead atoms. The minimum atomic E-state index is 0.587. The standard InChI is InChI=1S/C21H25N7OS/c1-26(21(30)23-7-8-27-9-11-29-12-10-27)25-15-19-14-24-20-5-4-18(16-28(19)20)17-3-2-6-22-13-17/h2-6,13-16H,7-12H2,1H3,(H,23,30). The van der Waals surface area contributed by atoms with Gasteiger partial charge in [0.05, 0.1) is 31.3 Å². The topological polar surface area (TPSA) is 70.3 Å². The number of fused-ring (bicyclic) bond motifs is 1. The van der Waals surface area contributed by atoms with Crippen LogP contribution in [-0.2, 0) is 4.74 Å². The number of hydrogen-bond acceptors (Lipinski definition) is 6. The summed E-state index contributed by atoms with van der Waals surface area (Å²) in [7, 11) is 1.84. The molecule has 4 heterocycles. The molecule has 30 heavy (non-hydrogen) atoms. The number of hydrogen-bond donors (Lipinski definition) is 1. The predicted molar refractivity (Wildman–Crippen MR) is 122 cm³/mol. The summed E-state index contributed by atoms with van der Waals surface area (Å²) < 4.78 is 7.38. The monoisotopic (exact) mass is 423 g/mol. The second-order valence-electron chi connectivity index (χ2n) is 7.02. The molecule has 3 aromatic heterocycles. The summed E-state index contributed by atoms with van der Waals surface area (Å²) in [5.41, 5.74) is 3.85. The van der Waals surface area contributed by atoms with Crippen molar-refractivity contribution in [1.82, 2.24) is 29.6 Å². The molecule has 1 aliphatic heterocycles. The van der Waals surface area contributed by atoms with Crippen LogP contribution in [-0.4, -0.2) is 82.0 Å². The fourth-order valence-electron chi connectivity index (χ4n) is 3.26. The Morgan fingerprint density at radius 1 is 1.27 bits per heavy atom. The number of pyridine rings is 2. The maximum atomic E-state index is 5.45. The molecular formula is C21H25N7OS. The zero-order valence-electron chi connectivity index (χ0n) is 16.9. The van der Waals surface area contributed by atoms with E-state index in [9.17, 15) is 0 Å². The summed E-state index contributed by atoms with van der Waals surface area (Å²) in [5, 5.41) is 9.99. The van der Waals surface area contributed by atoms with Gasteiger partial charge >= 0.3 is 0 Å². The molecule has 1 fully saturated rings. The van der Waals surface area contributed by atoms with Crippen molar-refractivity contribution >= 4 is 29.2 Å². The Balaban J connectivity index is 1.38. The Bertz CT molecular complexity index is 1010. The predicted octanol–water partition coefficient (Wildman–Crippen LogP) is 1.87. The number of morpholine rings is 1. The summed E-state index contributed by atoms with van der Waals surface area (Å²) in [6.07, 6.45) is 9.23. The van der Waals surface area contributed by atoms with Crippen molar-refractivity contribution < 1.29 is 4.74 Å². The lowest BCUT2D eigenvalue weighted by Gasteiger charge is -2.27. The normalized spacial score (nSPS) is 15.0. The summed E-state index contributed by atoms with van der Waals surface area (Å²) in [6.45, 7) is 5.26. The van der Waals surface area contributed by atoms with Crippen LogP contribution in [0.3, 0.4) is 0 Å². The second-order valence-corrected chi connectivity index (χ2v) is 7.41. The molecule has 156 valence electrons. The van der Waals surface area contributed by atoms with E-state index in [4.69, 9.17) is 17.0 Å². The van der Waals surface area contributed by atoms with Crippen LogP contribution in [0.4, 0.5) is 0 Å². The highest BCUT2D eigenvalue weighted by atomic mass is 32.1. The largest absolute Gasteiger partial charge is 0.379 e. The van der Waals surface area contributed by atoms with Gasteiger partial charge in [-0.15, -0.1) is 0 Å². The molecule has 8 nitrogen and oxygen atoms in total. The van der Waals surface area contributed by atoms with Crippen LogP contribution in [0, 0.1) is 0 Å². The van der Waals surface area contributed by atoms with Crippen LogP contribution >= 0.6 is 12.2 Å². The van der Waals surface area contributed by atoms with Gasteiger partial charge in [-0.1, -0.05) is 6.07 Å². The molecule has 1 saturated heterocycles. The van der Waals surface area contributed by atoms with Crippen LogP contribution in [0.1, 0.15) is 5.69 Å². The van der Waals surface area contributed by atoms with Crippen molar-refractivity contribution in [3.05, 3.63) is 54.7 Å². The molecule has 0 atom stereocenters. The fraction of sp³-hybridized carbons (Fsp3) is 0.333. The van der Waals surface area contributed by atoms with E-state index >= 15 is 0 Å². The quantitative estimate of drug-likeness (QED) is 0.369. The van der Waals surface area contributed by atoms with Gasteiger partial charge in [-0.05, 0) is 30.4 Å². The van der Waals surface area contributed by atoms with E-state index in [-0.39, 0.29) is 0 Å². The minimum Gasteiger partial charge on any atom is -0.379 e. The number of rotatable bonds is 6. The van der Waals surface area contributed by atoms with Gasteiger partial charge in [-0.2, -0.15) is 5.10 Å². The molecule has 0 aromatic carbocycles. The molecule has 1 N–H and O–H groups in total. The molecule has 3 aromatic rings. The highest BCUT2D eigenvalue weighted by Crippen LogP contribution is 2.19. The van der Waals surface area contributed by atoms with E-state index in [0.29, 0.717) is 5.11 Å². The lowest BCUT2D eigenvalue weighted by Crippen LogP contribution is -2.43. The Labute approximate surface area is 181 Å². The van der Waals surface area contributed by atoms with E-state index < -0.39 is 0 Å². The Hall–Kier alpha value is -2.88. The molecular weight excluding hydrogens is 398 g/mol. The van der Waals surface area contributed by atoms with E-state index in [1.807, 2.05) is 48.1 Å². The van der Waals surface area contributed by atoms with Crippen molar-refractivity contribution in [2.75, 3.05) is 46.4 Å². The molecule has 9 heteroatoms. The van der Waals surface area contributed by atoms with Crippen molar-refractivity contribution in [3.63, 3.8) is 0 Å². The lowest BCUT2D eigenvalue weighted by molar-refractivity contribution is 0.0389. The maximum absolute atomic E-state index is 5.45. The summed E-state index contributed by atoms with van der Waals surface area (Å²) in [4.78, 5) is 11.0. The van der Waals surface area contributed by atoms with Gasteiger partial charge in [-0.25, -0.2) is 9.99 Å². The number of imidazole rings is 1. The average Bonchev–Trinajstić information content (AvgIpc) is 3.21. The summed E-state index contributed by atoms with van der Waals surface area (Å²) in [5.74, 6) is 0. The smallest absolute Gasteiger partial charge is 0.189 e. The molecule has 4 rings (SSSR count). The Morgan fingerprint density at radius 3 is 2.93 bits per heavy atom. The van der Waals surface area contributed by atoms with E-state index in [0.717, 1.165) is 61.9 Å². The van der Waals surface area contributed by atoms with Crippen molar-refractivity contribution in [2.45, 2.75) is 0 Å². The van der Waals surface area contributed by atoms with Gasteiger partial charge in [0.2, 0.25) is 0 Å². The van der Waals surface area contributed by atoms with Gasteiger partial charge in [0.15, 0.2) is 5.11 Å². The Morgan fingerprint density at radius 2 is 2.13 bits per heavy atom. The third-order valence-corrected chi connectivity index (χ3v) is 5.40. The van der Waals surface area contributed by atoms with Gasteiger partial charge in [0.25, 0.3) is 0 Å². The number of aromatic nitrogens is 3. The first-order valence-electron chi connectivity index (χ1n) is 9.94. The summed E-state index contributed by atoms with van der Waals surface area (Å²) >= 11 is 5.45. The van der Waals surface area contributed by atoms with Crippen LogP contribution < -0.4 is 5.32 Å². The maximum Gasteiger partial charge on any atom is 0.189 e. The van der Waals surface area contributed by atoms with Crippen LogP contribution in [0.2, 0.25) is 0 Å². The SMILES string of the molecule is CN(N=Cc1cnc2ccc(-c3cccnc3)cn12)C(=S)NCCN1CCOCC1. The first kappa shape index (κ1) is 20.4. The zero-order chi connectivity index (χ0) is 20.8. The van der Waals surface area contributed by atoms with E-state index in [1.54, 1.807) is 23.6 Å². The van der Waals surface area contributed by atoms with Crippen LogP contribution in [0.15, 0.2) is 54.2 Å². The average molecular weight is 424 g/mol. The summed E-state index contributed by atoms with van der Waals surface area (Å²) in [6, 6.07) is 7.99. The molecule has 0 radical (unpaired) electrons. The van der Waals surface area contributed by atoms with E-state index in [2.05, 4.69) is 25.3 Å². The molecule has 0 aliphatic carbocycles. The van der Waals surface area contributed by atoms with Gasteiger partial charge < -0.3 is 10.1 Å². The highest BCUT2D eigenvalue weighted by molar-refractivity contribution is 7.80. The van der Waals surface area contributed by atoms with E-state index in [1.165, 1.54) is 0 Å². The minimum absolute atomic E-state index is 0.587. The molecule has 0 saturated carbocycles. The third kappa shape index (κ3) is 4.99. The van der Waals surface area contributed by atoms with Gasteiger partial charge in [0.1, 0.15) is 5.65 Å². The lowest BCUT2D eigenvalue weighted by atomic mass is 10.1. The van der Waals surface area contributed by atoms with Crippen LogP contribution in [0.25, 0.3) is 16.8 Å². The van der Waals surface area contributed by atoms with Crippen molar-refractivity contribution in [3.8, 4) is 11.1 Å². The number of nitrogens with zero attached hydrogens (tertiary/aromatic N) is 6. The van der Waals surface area contributed by atoms with Crippen molar-refractivity contribution in [2.24, 2.45) is 5.10 Å². The number of thiocarbonyl (C=S) groups is 1. The highest BCUT2D eigenvalue weighted by Gasteiger charge is 2.10. The molecule has 0 amide bonds. The Kier molecular flexibility index (Phi) is 6.63. The first-order valence-corrected chi connectivity index (χ1v) is 10.3. The first-order chi connectivity index (χ1) is 14.7. The molecule has 0 spiro atoms. The van der Waals surface area contributed by atoms with Crippen LogP contribution in [0.5, 0.6) is 0 Å². The zero-order valence-corrected chi connectivity index (χ0v) is 17.8. The number of ether oxygens (including phenoxy) is 1. The van der Waals surface area contributed by atoms with Gasteiger partial charge in [0, 0.05) is 62.9 Å².